The Hall–Kier alpha value is -5.34. The molecule has 0 saturated carbocycles. The van der Waals surface area contributed by atoms with Crippen LogP contribution in [0.3, 0.4) is 0 Å². The molecule has 0 saturated heterocycles. The quantitative estimate of drug-likeness (QED) is 0.186. The van der Waals surface area contributed by atoms with Crippen LogP contribution in [0.15, 0.2) is 120 Å². The van der Waals surface area contributed by atoms with E-state index in [1.165, 1.54) is 66.8 Å². The zero-order chi connectivity index (χ0) is 29.4. The van der Waals surface area contributed by atoms with Crippen LogP contribution >= 0.6 is 0 Å². The molecule has 3 aliphatic carbocycles. The highest BCUT2D eigenvalue weighted by atomic mass is 16.3. The van der Waals surface area contributed by atoms with Gasteiger partial charge in [0, 0.05) is 27.4 Å². The zero-order valence-electron chi connectivity index (χ0n) is 24.6. The summed E-state index contributed by atoms with van der Waals surface area (Å²) in [6, 6.07) is 42.0. The standard InChI is InChI=1S/C42H29NO/c1-41(2)31-15-7-5-14-28(31)39-36(43)23-35-29(40(39)41)20-19-24-21-38-30(27-13-6-10-18-37(27)44-38)22-34(24)42(35)32-16-8-3-11-25(32)26-12-4-9-17-33(26)42/h3-23H,43H2,1-2H3. The first-order valence-electron chi connectivity index (χ1n) is 15.4. The van der Waals surface area contributed by atoms with E-state index in [4.69, 9.17) is 10.2 Å². The van der Waals surface area contributed by atoms with Crippen LogP contribution in [0.1, 0.15) is 58.4 Å². The van der Waals surface area contributed by atoms with Crippen molar-refractivity contribution >= 4 is 39.8 Å². The minimum Gasteiger partial charge on any atom is -0.456 e. The third-order valence-corrected chi connectivity index (χ3v) is 10.6. The van der Waals surface area contributed by atoms with Crippen molar-refractivity contribution in [2.75, 3.05) is 5.73 Å². The van der Waals surface area contributed by atoms with Crippen LogP contribution < -0.4 is 5.73 Å². The second kappa shape index (κ2) is 7.98. The number of hydrogen-bond donors (Lipinski definition) is 1. The first-order valence-corrected chi connectivity index (χ1v) is 15.4. The summed E-state index contributed by atoms with van der Waals surface area (Å²) in [6.07, 6.45) is 4.67. The number of benzene rings is 6. The number of nitrogens with two attached hydrogens (primary N) is 1. The fraction of sp³-hybridized carbons (Fsp3) is 0.0952. The molecule has 2 N–H and O–H groups in total. The highest BCUT2D eigenvalue weighted by Crippen LogP contribution is 2.62. The summed E-state index contributed by atoms with van der Waals surface area (Å²) < 4.78 is 6.44. The second-order valence-corrected chi connectivity index (χ2v) is 13.1. The molecule has 1 heterocycles. The largest absolute Gasteiger partial charge is 0.456 e. The molecule has 208 valence electrons. The molecule has 1 aromatic heterocycles. The van der Waals surface area contributed by atoms with E-state index >= 15 is 0 Å². The Kier molecular flexibility index (Phi) is 4.38. The predicted octanol–water partition coefficient (Wildman–Crippen LogP) is 10.3. The minimum absolute atomic E-state index is 0.213. The van der Waals surface area contributed by atoms with Crippen molar-refractivity contribution in [1.29, 1.82) is 0 Å². The van der Waals surface area contributed by atoms with Gasteiger partial charge in [-0.2, -0.15) is 0 Å². The molecule has 10 rings (SSSR count). The van der Waals surface area contributed by atoms with Crippen LogP contribution in [-0.2, 0) is 10.8 Å². The van der Waals surface area contributed by atoms with Gasteiger partial charge in [-0.1, -0.05) is 117 Å². The molecule has 0 amide bonds. The number of para-hydroxylation sites is 1. The van der Waals surface area contributed by atoms with Gasteiger partial charge in [0.15, 0.2) is 0 Å². The number of furan rings is 1. The Bertz CT molecular complexity index is 2390. The van der Waals surface area contributed by atoms with Gasteiger partial charge in [0.2, 0.25) is 0 Å². The fourth-order valence-electron chi connectivity index (χ4n) is 8.91. The summed E-state index contributed by atoms with van der Waals surface area (Å²) >= 11 is 0. The van der Waals surface area contributed by atoms with Gasteiger partial charge in [-0.25, -0.2) is 0 Å². The van der Waals surface area contributed by atoms with Crippen molar-refractivity contribution in [2.24, 2.45) is 0 Å². The van der Waals surface area contributed by atoms with Gasteiger partial charge >= 0.3 is 0 Å². The number of rotatable bonds is 0. The maximum atomic E-state index is 7.20. The Morgan fingerprint density at radius 1 is 0.545 bits per heavy atom. The third-order valence-electron chi connectivity index (χ3n) is 10.6. The number of nitrogen functional groups attached to an aromatic ring is 1. The van der Waals surface area contributed by atoms with Crippen LogP contribution in [0.25, 0.3) is 56.3 Å². The highest BCUT2D eigenvalue weighted by molar-refractivity contribution is 6.07. The van der Waals surface area contributed by atoms with Gasteiger partial charge in [-0.05, 0) is 85.5 Å². The summed E-state index contributed by atoms with van der Waals surface area (Å²) in [7, 11) is 0. The Balaban J connectivity index is 1.43. The number of hydrogen-bond acceptors (Lipinski definition) is 2. The lowest BCUT2D eigenvalue weighted by Crippen LogP contribution is -2.31. The summed E-state index contributed by atoms with van der Waals surface area (Å²) in [5, 5.41) is 2.28. The Morgan fingerprint density at radius 3 is 1.93 bits per heavy atom. The summed E-state index contributed by atoms with van der Waals surface area (Å²) in [5.74, 6) is 0. The summed E-state index contributed by atoms with van der Waals surface area (Å²) in [5.41, 5.74) is 24.2. The zero-order valence-corrected chi connectivity index (χ0v) is 24.6. The average Bonchev–Trinajstić information content (AvgIpc) is 3.61. The van der Waals surface area contributed by atoms with E-state index in [9.17, 15) is 0 Å². The molecular weight excluding hydrogens is 534 g/mol. The summed E-state index contributed by atoms with van der Waals surface area (Å²) in [6.45, 7) is 4.71. The van der Waals surface area contributed by atoms with Gasteiger partial charge in [0.25, 0.3) is 0 Å². The fourth-order valence-corrected chi connectivity index (χ4v) is 8.91. The van der Waals surface area contributed by atoms with E-state index in [-0.39, 0.29) is 5.41 Å². The van der Waals surface area contributed by atoms with Crippen LogP contribution in [0, 0.1) is 0 Å². The van der Waals surface area contributed by atoms with E-state index in [0.29, 0.717) is 0 Å². The lowest BCUT2D eigenvalue weighted by Gasteiger charge is -2.37. The summed E-state index contributed by atoms with van der Waals surface area (Å²) in [4.78, 5) is 0. The van der Waals surface area contributed by atoms with Crippen molar-refractivity contribution in [3.63, 3.8) is 0 Å². The predicted molar refractivity (Wildman–Crippen MR) is 182 cm³/mol. The smallest absolute Gasteiger partial charge is 0.136 e. The van der Waals surface area contributed by atoms with Crippen LogP contribution in [0.2, 0.25) is 0 Å². The molecule has 7 aromatic rings. The van der Waals surface area contributed by atoms with E-state index in [1.54, 1.807) is 0 Å². The van der Waals surface area contributed by atoms with Crippen molar-refractivity contribution < 1.29 is 4.42 Å². The molecular formula is C42H29NO. The monoisotopic (exact) mass is 563 g/mol. The van der Waals surface area contributed by atoms with Crippen LogP contribution in [0.4, 0.5) is 5.69 Å². The van der Waals surface area contributed by atoms with Crippen LogP contribution in [0.5, 0.6) is 0 Å². The van der Waals surface area contributed by atoms with E-state index < -0.39 is 5.41 Å². The molecule has 1 spiro atoms. The van der Waals surface area contributed by atoms with E-state index in [0.717, 1.165) is 27.6 Å². The third kappa shape index (κ3) is 2.69. The molecule has 0 unspecified atom stereocenters. The molecule has 6 aromatic carbocycles. The average molecular weight is 564 g/mol. The minimum atomic E-state index is -0.568. The first kappa shape index (κ1) is 24.1. The van der Waals surface area contributed by atoms with E-state index in [2.05, 4.69) is 135 Å². The maximum Gasteiger partial charge on any atom is 0.136 e. The lowest BCUT2D eigenvalue weighted by molar-refractivity contribution is 0.654. The normalized spacial score (nSPS) is 15.9. The first-order chi connectivity index (χ1) is 21.5. The van der Waals surface area contributed by atoms with Gasteiger partial charge in [-0.3, -0.25) is 0 Å². The molecule has 0 fully saturated rings. The topological polar surface area (TPSA) is 39.2 Å². The molecule has 0 atom stereocenters. The van der Waals surface area contributed by atoms with Crippen molar-refractivity contribution in [2.45, 2.75) is 24.7 Å². The molecule has 0 bridgehead atoms. The second-order valence-electron chi connectivity index (χ2n) is 13.1. The van der Waals surface area contributed by atoms with Crippen LogP contribution in [-0.4, -0.2) is 0 Å². The maximum absolute atomic E-state index is 7.20. The van der Waals surface area contributed by atoms with Crippen molar-refractivity contribution in [3.8, 4) is 22.3 Å². The molecule has 2 heteroatoms. The molecule has 3 aliphatic rings. The lowest BCUT2D eigenvalue weighted by atomic mass is 9.64. The highest BCUT2D eigenvalue weighted by Gasteiger charge is 2.51. The molecule has 2 nitrogen and oxygen atoms in total. The SMILES string of the molecule is CC1(C)c2ccccc2-c2c(N)cc3c(c21)C=Cc1cc2oc4ccccc4c2cc1C31c2ccccc2-c2ccccc21. The number of anilines is 1. The molecule has 0 aliphatic heterocycles. The molecule has 44 heavy (non-hydrogen) atoms. The Morgan fingerprint density at radius 2 is 1.18 bits per heavy atom. The number of fused-ring (bicyclic) bond motifs is 16. The van der Waals surface area contributed by atoms with Crippen molar-refractivity contribution in [1.82, 2.24) is 0 Å². The van der Waals surface area contributed by atoms with Gasteiger partial charge in [-0.15, -0.1) is 0 Å². The van der Waals surface area contributed by atoms with Gasteiger partial charge in [0.1, 0.15) is 11.2 Å². The van der Waals surface area contributed by atoms with E-state index in [1.807, 2.05) is 6.07 Å². The Labute approximate surface area is 256 Å². The van der Waals surface area contributed by atoms with Gasteiger partial charge < -0.3 is 10.2 Å². The van der Waals surface area contributed by atoms with Crippen molar-refractivity contribution in [3.05, 3.63) is 160 Å². The molecule has 0 radical (unpaired) electrons. The van der Waals surface area contributed by atoms with Gasteiger partial charge in [0.05, 0.1) is 5.41 Å².